The molecule has 1 saturated heterocycles. The first kappa shape index (κ1) is 23.3. The number of benzene rings is 2. The second-order valence-electron chi connectivity index (χ2n) is 7.60. The van der Waals surface area contributed by atoms with E-state index in [9.17, 15) is 0 Å². The second-order valence-corrected chi connectivity index (χ2v) is 7.60. The summed E-state index contributed by atoms with van der Waals surface area (Å²) in [7, 11) is 6.44. The highest BCUT2D eigenvalue weighted by atomic mass is 16.6. The lowest BCUT2D eigenvalue weighted by Gasteiger charge is -2.17. The smallest absolute Gasteiger partial charge is 0.162 e. The fraction of sp³-hybridized carbons (Fsp3) is 0.320. The molecule has 0 spiro atoms. The summed E-state index contributed by atoms with van der Waals surface area (Å²) in [6.45, 7) is 1.24. The maximum atomic E-state index is 8.48. The van der Waals surface area contributed by atoms with Crippen LogP contribution >= 0.6 is 0 Å². The number of aromatic nitrogens is 2. The highest BCUT2D eigenvalue weighted by Gasteiger charge is 2.20. The quantitative estimate of drug-likeness (QED) is 0.426. The van der Waals surface area contributed by atoms with Crippen LogP contribution in [-0.4, -0.2) is 63.3 Å². The molecule has 2 heterocycles. The van der Waals surface area contributed by atoms with E-state index in [-0.39, 0.29) is 11.6 Å². The second kappa shape index (κ2) is 10.4. The third kappa shape index (κ3) is 4.74. The summed E-state index contributed by atoms with van der Waals surface area (Å²) in [6.07, 6.45) is 0.815. The summed E-state index contributed by atoms with van der Waals surface area (Å²) in [5.41, 5.74) is 2.29. The SMILES string of the molecule is CN=C(c1cc(OC)ccc1OC)n1nc(-c2ccc(OC)c(O[C@@H]3CCOC3)c2)ccc1=N. The largest absolute Gasteiger partial charge is 0.497 e. The lowest BCUT2D eigenvalue weighted by atomic mass is 10.1. The van der Waals surface area contributed by atoms with Crippen molar-refractivity contribution in [3.8, 4) is 34.3 Å². The van der Waals surface area contributed by atoms with Gasteiger partial charge in [-0.2, -0.15) is 9.78 Å². The number of rotatable bonds is 7. The van der Waals surface area contributed by atoms with Crippen molar-refractivity contribution in [3.63, 3.8) is 0 Å². The van der Waals surface area contributed by atoms with E-state index in [4.69, 9.17) is 34.2 Å². The maximum absolute atomic E-state index is 8.48. The molecule has 0 amide bonds. The Hall–Kier alpha value is -3.85. The Morgan fingerprint density at radius 3 is 2.47 bits per heavy atom. The molecule has 1 N–H and O–H groups in total. The van der Waals surface area contributed by atoms with E-state index in [0.717, 1.165) is 12.0 Å². The van der Waals surface area contributed by atoms with Gasteiger partial charge < -0.3 is 23.7 Å². The molecule has 0 radical (unpaired) electrons. The zero-order valence-electron chi connectivity index (χ0n) is 19.7. The first-order valence-electron chi connectivity index (χ1n) is 10.8. The molecule has 1 aliphatic rings. The molecule has 1 atom stereocenters. The normalized spacial score (nSPS) is 15.8. The lowest BCUT2D eigenvalue weighted by Crippen LogP contribution is -2.30. The predicted molar refractivity (Wildman–Crippen MR) is 127 cm³/mol. The minimum Gasteiger partial charge on any atom is -0.497 e. The van der Waals surface area contributed by atoms with Gasteiger partial charge in [0.2, 0.25) is 0 Å². The molecule has 0 unspecified atom stereocenters. The number of hydrogen-bond donors (Lipinski definition) is 1. The zero-order valence-corrected chi connectivity index (χ0v) is 19.7. The van der Waals surface area contributed by atoms with Gasteiger partial charge in [-0.3, -0.25) is 10.4 Å². The molecule has 0 bridgehead atoms. The van der Waals surface area contributed by atoms with Crippen LogP contribution in [0.4, 0.5) is 0 Å². The highest BCUT2D eigenvalue weighted by molar-refractivity contribution is 6.02. The van der Waals surface area contributed by atoms with E-state index in [2.05, 4.69) is 4.99 Å². The molecular formula is C25H28N4O5. The van der Waals surface area contributed by atoms with Gasteiger partial charge >= 0.3 is 0 Å². The Morgan fingerprint density at radius 2 is 1.79 bits per heavy atom. The van der Waals surface area contributed by atoms with Crippen LogP contribution in [-0.2, 0) is 4.74 Å². The van der Waals surface area contributed by atoms with Gasteiger partial charge in [0.05, 0.1) is 45.8 Å². The minimum atomic E-state index is -0.0167. The van der Waals surface area contributed by atoms with Crippen molar-refractivity contribution < 1.29 is 23.7 Å². The number of aliphatic imine (C=N–C) groups is 1. The van der Waals surface area contributed by atoms with Crippen LogP contribution in [0.2, 0.25) is 0 Å². The van der Waals surface area contributed by atoms with Gasteiger partial charge in [0, 0.05) is 19.0 Å². The molecule has 34 heavy (non-hydrogen) atoms. The molecule has 2 aromatic carbocycles. The summed E-state index contributed by atoms with van der Waals surface area (Å²) in [4.78, 5) is 4.42. The standard InChI is InChI=1S/C25H28N4O5/c1-27-25(19-14-17(30-2)6-9-21(19)31-3)29-24(26)10-7-20(28-29)16-5-8-22(32-4)23(13-16)34-18-11-12-33-15-18/h5-10,13-14,18,26H,11-12,15H2,1-4H3/t18-/m1/s1. The Labute approximate surface area is 198 Å². The summed E-state index contributed by atoms with van der Waals surface area (Å²) in [5, 5.41) is 13.2. The molecule has 9 nitrogen and oxygen atoms in total. The average Bonchev–Trinajstić information content (AvgIpc) is 3.38. The van der Waals surface area contributed by atoms with E-state index in [1.807, 2.05) is 24.3 Å². The van der Waals surface area contributed by atoms with Crippen molar-refractivity contribution in [3.05, 3.63) is 59.6 Å². The van der Waals surface area contributed by atoms with Gasteiger partial charge in [0.25, 0.3) is 0 Å². The Bertz CT molecular complexity index is 1250. The van der Waals surface area contributed by atoms with Crippen molar-refractivity contribution in [1.29, 1.82) is 5.41 Å². The summed E-state index contributed by atoms with van der Waals surface area (Å²) in [5.74, 6) is 2.96. The van der Waals surface area contributed by atoms with Crippen LogP contribution in [0.1, 0.15) is 12.0 Å². The van der Waals surface area contributed by atoms with E-state index in [1.54, 1.807) is 52.6 Å². The van der Waals surface area contributed by atoms with Gasteiger partial charge in [-0.05, 0) is 48.5 Å². The molecule has 0 saturated carbocycles. The number of methoxy groups -OCH3 is 3. The highest BCUT2D eigenvalue weighted by Crippen LogP contribution is 2.33. The molecule has 9 heteroatoms. The van der Waals surface area contributed by atoms with Gasteiger partial charge in [-0.25, -0.2) is 0 Å². The van der Waals surface area contributed by atoms with E-state index in [0.29, 0.717) is 53.3 Å². The van der Waals surface area contributed by atoms with Crippen LogP contribution in [0, 0.1) is 5.41 Å². The van der Waals surface area contributed by atoms with Crippen LogP contribution in [0.25, 0.3) is 11.3 Å². The first-order valence-corrected chi connectivity index (χ1v) is 10.8. The van der Waals surface area contributed by atoms with Crippen molar-refractivity contribution in [2.45, 2.75) is 12.5 Å². The third-order valence-corrected chi connectivity index (χ3v) is 5.54. The lowest BCUT2D eigenvalue weighted by molar-refractivity contribution is 0.138. The van der Waals surface area contributed by atoms with Crippen LogP contribution in [0.15, 0.2) is 53.5 Å². The Morgan fingerprint density at radius 1 is 1.00 bits per heavy atom. The third-order valence-electron chi connectivity index (χ3n) is 5.54. The van der Waals surface area contributed by atoms with Crippen molar-refractivity contribution in [1.82, 2.24) is 9.78 Å². The zero-order chi connectivity index (χ0) is 24.1. The number of ether oxygens (including phenoxy) is 5. The minimum absolute atomic E-state index is 0.0167. The average molecular weight is 465 g/mol. The monoisotopic (exact) mass is 464 g/mol. The molecule has 4 rings (SSSR count). The van der Waals surface area contributed by atoms with Crippen molar-refractivity contribution in [2.75, 3.05) is 41.6 Å². The van der Waals surface area contributed by atoms with Gasteiger partial charge in [-0.1, -0.05) is 0 Å². The molecule has 1 aromatic heterocycles. The number of hydrogen-bond acceptors (Lipinski definition) is 8. The molecule has 1 aliphatic heterocycles. The van der Waals surface area contributed by atoms with Crippen LogP contribution in [0.5, 0.6) is 23.0 Å². The van der Waals surface area contributed by atoms with Gasteiger partial charge in [-0.15, -0.1) is 0 Å². The van der Waals surface area contributed by atoms with Crippen LogP contribution < -0.4 is 24.4 Å². The Balaban J connectivity index is 1.76. The van der Waals surface area contributed by atoms with Gasteiger partial charge in [0.15, 0.2) is 17.3 Å². The summed E-state index contributed by atoms with van der Waals surface area (Å²) in [6, 6.07) is 14.5. The maximum Gasteiger partial charge on any atom is 0.162 e. The Kier molecular flexibility index (Phi) is 7.12. The molecule has 3 aromatic rings. The molecule has 1 fully saturated rings. The fourth-order valence-electron chi connectivity index (χ4n) is 3.77. The van der Waals surface area contributed by atoms with Crippen LogP contribution in [0.3, 0.4) is 0 Å². The van der Waals surface area contributed by atoms with Crippen molar-refractivity contribution in [2.24, 2.45) is 4.99 Å². The predicted octanol–water partition coefficient (Wildman–Crippen LogP) is 3.15. The first-order chi connectivity index (χ1) is 16.6. The summed E-state index contributed by atoms with van der Waals surface area (Å²) >= 11 is 0. The van der Waals surface area contributed by atoms with E-state index < -0.39 is 0 Å². The van der Waals surface area contributed by atoms with Crippen molar-refractivity contribution >= 4 is 5.84 Å². The number of nitrogens with zero attached hydrogens (tertiary/aromatic N) is 3. The fourth-order valence-corrected chi connectivity index (χ4v) is 3.77. The molecular weight excluding hydrogens is 436 g/mol. The molecule has 0 aliphatic carbocycles. The molecule has 178 valence electrons. The summed E-state index contributed by atoms with van der Waals surface area (Å²) < 4.78 is 29.4. The van der Waals surface area contributed by atoms with E-state index in [1.165, 1.54) is 4.68 Å². The number of nitrogens with one attached hydrogen (secondary N) is 1. The van der Waals surface area contributed by atoms with E-state index >= 15 is 0 Å². The van der Waals surface area contributed by atoms with Gasteiger partial charge in [0.1, 0.15) is 23.1 Å². The topological polar surface area (TPSA) is 100 Å².